The van der Waals surface area contributed by atoms with Crippen LogP contribution in [0.5, 0.6) is 0 Å². The van der Waals surface area contributed by atoms with Crippen molar-refractivity contribution in [1.82, 2.24) is 9.88 Å². The Kier molecular flexibility index (Phi) is 5.65. The number of anilines is 3. The van der Waals surface area contributed by atoms with E-state index < -0.39 is 0 Å². The summed E-state index contributed by atoms with van der Waals surface area (Å²) in [5.41, 5.74) is 3.17. The number of hydrogen-bond donors (Lipinski definition) is 2. The van der Waals surface area contributed by atoms with E-state index in [4.69, 9.17) is 0 Å². The number of likely N-dealkylation sites (N-methyl/N-ethyl adjacent to an activating group) is 1. The average molecular weight is 367 g/mol. The van der Waals surface area contributed by atoms with Crippen LogP contribution in [-0.4, -0.2) is 54.6 Å². The highest BCUT2D eigenvalue weighted by atomic mass is 16.1. The van der Waals surface area contributed by atoms with Crippen molar-refractivity contribution in [2.75, 3.05) is 48.8 Å². The highest BCUT2D eigenvalue weighted by Crippen LogP contribution is 2.20. The molecule has 1 saturated heterocycles. The van der Waals surface area contributed by atoms with Gasteiger partial charge in [0.2, 0.25) is 0 Å². The lowest BCUT2D eigenvalue weighted by molar-refractivity contribution is 0.102. The minimum absolute atomic E-state index is 0.0752. The van der Waals surface area contributed by atoms with Crippen molar-refractivity contribution in [3.05, 3.63) is 48.3 Å². The number of benzene rings is 1. The molecule has 1 amide bonds. The molecule has 0 atom stereocenters. The van der Waals surface area contributed by atoms with Gasteiger partial charge in [-0.2, -0.15) is 0 Å². The highest BCUT2D eigenvalue weighted by Gasteiger charge is 2.15. The van der Waals surface area contributed by atoms with E-state index >= 15 is 0 Å². The van der Waals surface area contributed by atoms with Crippen LogP contribution in [0.2, 0.25) is 0 Å². The molecule has 0 unspecified atom stereocenters. The van der Waals surface area contributed by atoms with E-state index in [9.17, 15) is 4.79 Å². The third-order valence-electron chi connectivity index (χ3n) is 4.51. The molecule has 0 radical (unpaired) electrons. The quantitative estimate of drug-likeness (QED) is 0.868. The predicted octanol–water partition coefficient (Wildman–Crippen LogP) is 3.30. The topological polar surface area (TPSA) is 60.5 Å². The summed E-state index contributed by atoms with van der Waals surface area (Å²) in [6.07, 6.45) is 1.65. The zero-order valence-electron chi connectivity index (χ0n) is 16.6. The molecule has 3 rings (SSSR count). The minimum Gasteiger partial charge on any atom is -0.380 e. The molecule has 0 saturated carbocycles. The van der Waals surface area contributed by atoms with Crippen molar-refractivity contribution in [1.29, 1.82) is 0 Å². The van der Waals surface area contributed by atoms with Crippen LogP contribution in [-0.2, 0) is 0 Å². The maximum atomic E-state index is 12.5. The zero-order chi connectivity index (χ0) is 19.4. The minimum atomic E-state index is -0.208. The van der Waals surface area contributed by atoms with E-state index in [2.05, 4.69) is 65.4 Å². The van der Waals surface area contributed by atoms with Gasteiger partial charge in [0.1, 0.15) is 5.69 Å². The smallest absolute Gasteiger partial charge is 0.274 e. The number of carbonyl (C=O) groups excluding carboxylic acids is 1. The van der Waals surface area contributed by atoms with E-state index in [1.165, 1.54) is 5.69 Å². The van der Waals surface area contributed by atoms with Crippen LogP contribution < -0.4 is 15.5 Å². The molecule has 6 nitrogen and oxygen atoms in total. The van der Waals surface area contributed by atoms with Gasteiger partial charge >= 0.3 is 0 Å². The predicted molar refractivity (Wildman–Crippen MR) is 112 cm³/mol. The molecule has 0 aliphatic carbocycles. The molecule has 2 aromatic rings. The van der Waals surface area contributed by atoms with E-state index in [-0.39, 0.29) is 11.4 Å². The normalized spacial score (nSPS) is 15.5. The summed E-state index contributed by atoms with van der Waals surface area (Å²) in [7, 11) is 2.15. The van der Waals surface area contributed by atoms with Crippen molar-refractivity contribution in [3.63, 3.8) is 0 Å². The second kappa shape index (κ2) is 7.96. The average Bonchev–Trinajstić information content (AvgIpc) is 2.62. The first-order valence-corrected chi connectivity index (χ1v) is 9.39. The third-order valence-corrected chi connectivity index (χ3v) is 4.51. The molecule has 144 valence electrons. The summed E-state index contributed by atoms with van der Waals surface area (Å²) >= 11 is 0. The molecular weight excluding hydrogens is 338 g/mol. The Balaban J connectivity index is 1.63. The Morgan fingerprint density at radius 2 is 1.67 bits per heavy atom. The van der Waals surface area contributed by atoms with Crippen LogP contribution >= 0.6 is 0 Å². The first-order valence-electron chi connectivity index (χ1n) is 9.39. The molecule has 1 aromatic heterocycles. The molecule has 0 spiro atoms. The lowest BCUT2D eigenvalue weighted by atomic mass is 10.1. The van der Waals surface area contributed by atoms with Crippen LogP contribution in [0.1, 0.15) is 31.3 Å². The van der Waals surface area contributed by atoms with E-state index in [0.29, 0.717) is 5.69 Å². The Labute approximate surface area is 161 Å². The Hall–Kier alpha value is -2.60. The molecule has 0 bridgehead atoms. The molecule has 2 heterocycles. The van der Waals surface area contributed by atoms with Gasteiger partial charge in [0.15, 0.2) is 0 Å². The van der Waals surface area contributed by atoms with Crippen LogP contribution in [0.4, 0.5) is 17.1 Å². The largest absolute Gasteiger partial charge is 0.380 e. The van der Waals surface area contributed by atoms with Crippen LogP contribution in [0.15, 0.2) is 42.6 Å². The van der Waals surface area contributed by atoms with Gasteiger partial charge in [-0.3, -0.25) is 9.78 Å². The molecule has 1 aliphatic heterocycles. The van der Waals surface area contributed by atoms with Crippen LogP contribution in [0, 0.1) is 0 Å². The fourth-order valence-electron chi connectivity index (χ4n) is 3.08. The first kappa shape index (κ1) is 19.2. The number of pyridine rings is 1. The van der Waals surface area contributed by atoms with Crippen molar-refractivity contribution in [2.45, 2.75) is 26.3 Å². The monoisotopic (exact) mass is 367 g/mol. The number of hydrogen-bond acceptors (Lipinski definition) is 5. The number of aromatic nitrogens is 1. The molecule has 1 aliphatic rings. The second-order valence-corrected chi connectivity index (χ2v) is 8.10. The van der Waals surface area contributed by atoms with Gasteiger partial charge in [-0.1, -0.05) is 0 Å². The zero-order valence-corrected chi connectivity index (χ0v) is 16.6. The standard InChI is InChI=1S/C21H29N5O/c1-21(2,3)24-17-9-10-22-19(15-17)20(27)23-16-5-7-18(8-6-16)26-13-11-25(4)12-14-26/h5-10,15H,11-14H2,1-4H3,(H,22,24)(H,23,27). The van der Waals surface area contributed by atoms with Crippen molar-refractivity contribution >= 4 is 23.0 Å². The lowest BCUT2D eigenvalue weighted by Crippen LogP contribution is -2.44. The van der Waals surface area contributed by atoms with Gasteiger partial charge in [0.25, 0.3) is 5.91 Å². The summed E-state index contributed by atoms with van der Waals surface area (Å²) < 4.78 is 0. The third kappa shape index (κ3) is 5.44. The maximum Gasteiger partial charge on any atom is 0.274 e. The highest BCUT2D eigenvalue weighted by molar-refractivity contribution is 6.03. The van der Waals surface area contributed by atoms with Crippen LogP contribution in [0.3, 0.4) is 0 Å². The molecule has 27 heavy (non-hydrogen) atoms. The number of carbonyl (C=O) groups is 1. The Morgan fingerprint density at radius 1 is 1.00 bits per heavy atom. The fourth-order valence-corrected chi connectivity index (χ4v) is 3.08. The molecule has 1 fully saturated rings. The Bertz CT molecular complexity index is 774. The van der Waals surface area contributed by atoms with E-state index in [0.717, 1.165) is 37.6 Å². The van der Waals surface area contributed by atoms with Gasteiger partial charge in [-0.15, -0.1) is 0 Å². The lowest BCUT2D eigenvalue weighted by Gasteiger charge is -2.34. The van der Waals surface area contributed by atoms with Crippen molar-refractivity contribution in [3.8, 4) is 0 Å². The summed E-state index contributed by atoms with van der Waals surface area (Å²) in [4.78, 5) is 21.4. The Morgan fingerprint density at radius 3 is 2.30 bits per heavy atom. The number of amides is 1. The number of nitrogens with one attached hydrogen (secondary N) is 2. The summed E-state index contributed by atoms with van der Waals surface area (Å²) in [6, 6.07) is 11.7. The number of rotatable bonds is 4. The summed E-state index contributed by atoms with van der Waals surface area (Å²) in [5, 5.41) is 6.29. The number of piperazine rings is 1. The summed E-state index contributed by atoms with van der Waals surface area (Å²) in [5.74, 6) is -0.208. The van der Waals surface area contributed by atoms with Crippen molar-refractivity contribution in [2.24, 2.45) is 0 Å². The van der Waals surface area contributed by atoms with Crippen LogP contribution in [0.25, 0.3) is 0 Å². The SMILES string of the molecule is CN1CCN(c2ccc(NC(=O)c3cc(NC(C)(C)C)ccn3)cc2)CC1. The summed E-state index contributed by atoms with van der Waals surface area (Å²) in [6.45, 7) is 10.4. The maximum absolute atomic E-state index is 12.5. The van der Waals surface area contributed by atoms with E-state index in [1.54, 1.807) is 12.3 Å². The molecule has 2 N–H and O–H groups in total. The van der Waals surface area contributed by atoms with Gasteiger partial charge in [-0.25, -0.2) is 0 Å². The van der Waals surface area contributed by atoms with E-state index in [1.807, 2.05) is 18.2 Å². The molecule has 6 heteroatoms. The first-order chi connectivity index (χ1) is 12.8. The molecular formula is C21H29N5O. The second-order valence-electron chi connectivity index (χ2n) is 8.10. The van der Waals surface area contributed by atoms with Crippen molar-refractivity contribution < 1.29 is 4.79 Å². The fraction of sp³-hybridized carbons (Fsp3) is 0.429. The van der Waals surface area contributed by atoms with Gasteiger partial charge in [0, 0.05) is 55.0 Å². The van der Waals surface area contributed by atoms with Gasteiger partial charge < -0.3 is 20.4 Å². The molecule has 1 aromatic carbocycles. The number of nitrogens with zero attached hydrogens (tertiary/aromatic N) is 3. The van der Waals surface area contributed by atoms with Gasteiger partial charge in [0.05, 0.1) is 0 Å². The van der Waals surface area contributed by atoms with Gasteiger partial charge in [-0.05, 0) is 64.2 Å².